The number of nitrogens with zero attached hydrogens (tertiary/aromatic N) is 5. The first-order valence-corrected chi connectivity index (χ1v) is 26.3. The van der Waals surface area contributed by atoms with Crippen LogP contribution in [0.1, 0.15) is 120 Å². The molecule has 4 fully saturated rings. The van der Waals surface area contributed by atoms with Gasteiger partial charge in [-0.25, -0.2) is 43.7 Å². The molecule has 2 atom stereocenters. The zero-order valence-corrected chi connectivity index (χ0v) is 44.6. The fourth-order valence-corrected chi connectivity index (χ4v) is 9.82. The maximum atomic E-state index is 13.0. The number of imide groups is 2. The minimum absolute atomic E-state index is 0. The number of halogens is 1. The fraction of sp³-hybridized carbons (Fsp3) is 0.509. The van der Waals surface area contributed by atoms with Crippen LogP contribution in [0.4, 0.5) is 35.6 Å². The first-order valence-electron chi connectivity index (χ1n) is 26.3. The SMILES string of the molecule is CCOC(=O)N1Cc2c(C3CCCN(C(=O)OC(C)(C)C)C3)cc(-c3c(O)cccc3OCC3CC3)nc2NC1=O.CCOC(=O)N1Cc2c(C3CCCNC3)cc(-c3c(O)cccc3OCC3CC3)nc2NC1=O.Cl. The van der Waals surface area contributed by atoms with Gasteiger partial charge in [0.05, 0.1) is 62.0 Å². The number of phenols is 2. The van der Waals surface area contributed by atoms with E-state index >= 15 is 0 Å². The predicted molar refractivity (Wildman–Crippen MR) is 284 cm³/mol. The quantitative estimate of drug-likeness (QED) is 0.0829. The second-order valence-corrected chi connectivity index (χ2v) is 20.9. The van der Waals surface area contributed by atoms with Gasteiger partial charge in [-0.1, -0.05) is 12.1 Å². The lowest BCUT2D eigenvalue weighted by atomic mass is 9.86. The number of carbonyl (C=O) groups excluding carboxylic acids is 5. The Morgan fingerprint density at radius 3 is 1.62 bits per heavy atom. The van der Waals surface area contributed by atoms with Crippen LogP contribution in [0.3, 0.4) is 0 Å². The number of amides is 7. The van der Waals surface area contributed by atoms with Crippen molar-refractivity contribution in [3.63, 3.8) is 0 Å². The van der Waals surface area contributed by atoms with E-state index in [1.807, 2.05) is 39.0 Å². The van der Waals surface area contributed by atoms with Crippen molar-refractivity contribution in [2.75, 3.05) is 63.2 Å². The number of phenolic OH excluding ortho intramolecular Hbond substituents is 2. The molecule has 0 spiro atoms. The monoisotopic (exact) mass is 1070 g/mol. The molecule has 20 nitrogen and oxygen atoms in total. The molecule has 2 aromatic carbocycles. The van der Waals surface area contributed by atoms with Crippen molar-refractivity contribution >= 4 is 54.4 Å². The van der Waals surface area contributed by atoms with Gasteiger partial charge >= 0.3 is 30.3 Å². The topological polar surface area (TPSA) is 244 Å². The van der Waals surface area contributed by atoms with Crippen LogP contribution >= 0.6 is 12.4 Å². The highest BCUT2D eigenvalue weighted by molar-refractivity contribution is 6.02. The number of rotatable bonds is 12. The number of fused-ring (bicyclic) bond motifs is 2. The average Bonchev–Trinajstić information content (AvgIpc) is 4.34. The van der Waals surface area contributed by atoms with Crippen LogP contribution in [0.5, 0.6) is 23.0 Å². The van der Waals surface area contributed by atoms with Crippen molar-refractivity contribution in [1.82, 2.24) is 30.0 Å². The Kier molecular flexibility index (Phi) is 17.3. The van der Waals surface area contributed by atoms with Crippen LogP contribution in [0.25, 0.3) is 22.5 Å². The summed E-state index contributed by atoms with van der Waals surface area (Å²) in [6.07, 6.45) is 6.26. The second kappa shape index (κ2) is 23.9. The molecule has 4 aromatic rings. The number of piperidine rings is 2. The van der Waals surface area contributed by atoms with Gasteiger partial charge in [0.25, 0.3) is 0 Å². The molecule has 4 aliphatic heterocycles. The summed E-state index contributed by atoms with van der Waals surface area (Å²) in [4.78, 5) is 76.8. The first kappa shape index (κ1) is 55.2. The lowest BCUT2D eigenvalue weighted by molar-refractivity contribution is 0.0198. The van der Waals surface area contributed by atoms with Crippen molar-refractivity contribution in [2.24, 2.45) is 11.8 Å². The van der Waals surface area contributed by atoms with Gasteiger partial charge in [-0.05, 0) is 158 Å². The van der Waals surface area contributed by atoms with E-state index < -0.39 is 29.8 Å². The molecule has 10 rings (SSSR count). The summed E-state index contributed by atoms with van der Waals surface area (Å²) >= 11 is 0. The number of benzene rings is 2. The van der Waals surface area contributed by atoms with E-state index in [1.54, 1.807) is 49.1 Å². The second-order valence-electron chi connectivity index (χ2n) is 20.9. The van der Waals surface area contributed by atoms with Crippen molar-refractivity contribution in [3.8, 4) is 45.5 Å². The Bertz CT molecular complexity index is 2810. The minimum atomic E-state index is -0.749. The molecule has 408 valence electrons. The third-order valence-electron chi connectivity index (χ3n) is 14.0. The number of hydrogen-bond acceptors (Lipinski definition) is 15. The molecule has 5 N–H and O–H groups in total. The van der Waals surface area contributed by atoms with Gasteiger partial charge in [-0.3, -0.25) is 10.6 Å². The Morgan fingerprint density at radius 1 is 0.684 bits per heavy atom. The van der Waals surface area contributed by atoms with Crippen LogP contribution < -0.4 is 25.4 Å². The number of nitrogens with one attached hydrogen (secondary N) is 3. The molecule has 21 heteroatoms. The molecule has 7 amide bonds. The van der Waals surface area contributed by atoms with E-state index in [9.17, 15) is 34.2 Å². The number of urea groups is 2. The number of pyridine rings is 2. The molecule has 0 radical (unpaired) electrons. The highest BCUT2D eigenvalue weighted by Crippen LogP contribution is 2.45. The van der Waals surface area contributed by atoms with E-state index in [2.05, 4.69) is 16.0 Å². The van der Waals surface area contributed by atoms with E-state index in [-0.39, 0.29) is 68.1 Å². The van der Waals surface area contributed by atoms with E-state index in [4.69, 9.17) is 33.7 Å². The van der Waals surface area contributed by atoms with Crippen LogP contribution in [0, 0.1) is 11.8 Å². The highest BCUT2D eigenvalue weighted by Gasteiger charge is 2.38. The van der Waals surface area contributed by atoms with Crippen LogP contribution in [-0.4, -0.2) is 123 Å². The normalized spacial score (nSPS) is 19.0. The van der Waals surface area contributed by atoms with Crippen molar-refractivity contribution in [2.45, 2.75) is 117 Å². The summed E-state index contributed by atoms with van der Waals surface area (Å²) in [7, 11) is 0. The summed E-state index contributed by atoms with van der Waals surface area (Å²) < 4.78 is 28.0. The van der Waals surface area contributed by atoms with Gasteiger partial charge in [0.15, 0.2) is 0 Å². The van der Waals surface area contributed by atoms with Gasteiger partial charge in [-0.15, -0.1) is 12.4 Å². The molecule has 2 unspecified atom stereocenters. The summed E-state index contributed by atoms with van der Waals surface area (Å²) in [6, 6.07) is 12.9. The molecule has 76 heavy (non-hydrogen) atoms. The van der Waals surface area contributed by atoms with Gasteiger partial charge in [0.1, 0.15) is 40.2 Å². The van der Waals surface area contributed by atoms with Crippen molar-refractivity contribution in [3.05, 3.63) is 70.8 Å². The van der Waals surface area contributed by atoms with Crippen LogP contribution in [0.15, 0.2) is 48.5 Å². The fourth-order valence-electron chi connectivity index (χ4n) is 9.82. The number of anilines is 2. The zero-order valence-electron chi connectivity index (χ0n) is 43.8. The lowest BCUT2D eigenvalue weighted by Crippen LogP contribution is -2.45. The maximum Gasteiger partial charge on any atom is 0.418 e. The van der Waals surface area contributed by atoms with E-state index in [0.29, 0.717) is 89.4 Å². The largest absolute Gasteiger partial charge is 0.507 e. The highest BCUT2D eigenvalue weighted by atomic mass is 35.5. The third-order valence-corrected chi connectivity index (χ3v) is 14.0. The third kappa shape index (κ3) is 12.9. The van der Waals surface area contributed by atoms with Gasteiger partial charge in [0.2, 0.25) is 0 Å². The molecule has 0 bridgehead atoms. The smallest absolute Gasteiger partial charge is 0.418 e. The molecule has 2 aromatic heterocycles. The summed E-state index contributed by atoms with van der Waals surface area (Å²) in [5.74, 6) is 2.98. The average molecular weight is 1070 g/mol. The number of aromatic hydroxyl groups is 2. The predicted octanol–water partition coefficient (Wildman–Crippen LogP) is 10.5. The Hall–Kier alpha value is -7.06. The van der Waals surface area contributed by atoms with Crippen LogP contribution in [0.2, 0.25) is 0 Å². The van der Waals surface area contributed by atoms with E-state index in [0.717, 1.165) is 90.9 Å². The van der Waals surface area contributed by atoms with E-state index in [1.165, 1.54) is 0 Å². The zero-order chi connectivity index (χ0) is 53.0. The minimum Gasteiger partial charge on any atom is -0.507 e. The first-order chi connectivity index (χ1) is 36.1. The Balaban J connectivity index is 0.000000202. The molecular weight excluding hydrogens is 1000 g/mol. The molecule has 2 saturated heterocycles. The molecule has 2 saturated carbocycles. The summed E-state index contributed by atoms with van der Waals surface area (Å²) in [5.41, 5.74) is 4.56. The van der Waals surface area contributed by atoms with Crippen LogP contribution in [-0.2, 0) is 27.3 Å². The molecule has 6 aliphatic rings. The number of carbonyl (C=O) groups is 5. The standard InChI is InChI=1S/C30H38N4O7.C25H30N4O5.ClH/c1-5-39-29(38)34-16-21-20(19-8-7-13-33(15-19)28(37)41-30(2,3)4)14-22(31-26(21)32-27(34)36)25-23(35)9-6-10-24(25)40-17-18-11-12-18;1-2-33-25(32)29-13-18-17(16-5-4-10-26-12-16)11-19(27-23(18)28-24(29)31)22-20(30)6-3-7-21(22)34-14-15-8-9-15;/h6,9-10,14,18-19,35H,5,7-8,11-13,15-17H2,1-4H3,(H,31,32,36);3,6-7,11,15-16,26,30H,2,4-5,8-10,12-14H2,1H3,(H,27,28,31);1H. The van der Waals surface area contributed by atoms with Gasteiger partial charge in [0, 0.05) is 36.7 Å². The number of ether oxygens (including phenoxy) is 5. The molecular formula is C55H69ClN8O12. The Morgan fingerprint density at radius 2 is 1.17 bits per heavy atom. The van der Waals surface area contributed by atoms with Gasteiger partial charge in [-0.2, -0.15) is 0 Å². The Labute approximate surface area is 448 Å². The maximum absolute atomic E-state index is 13.0. The number of likely N-dealkylation sites (tertiary alicyclic amines) is 1. The molecule has 6 heterocycles. The lowest BCUT2D eigenvalue weighted by Gasteiger charge is -2.36. The number of aromatic nitrogens is 2. The summed E-state index contributed by atoms with van der Waals surface area (Å²) in [6.45, 7) is 13.1. The van der Waals surface area contributed by atoms with Crippen molar-refractivity contribution in [1.29, 1.82) is 0 Å². The molecule has 2 aliphatic carbocycles. The van der Waals surface area contributed by atoms with Gasteiger partial charge < -0.3 is 44.1 Å². The van der Waals surface area contributed by atoms with Crippen molar-refractivity contribution < 1.29 is 57.9 Å². The number of hydrogen-bond donors (Lipinski definition) is 5. The summed E-state index contributed by atoms with van der Waals surface area (Å²) in [5, 5.41) is 30.7.